The number of alkyl halides is 1. The maximum absolute atomic E-state index is 13.2. The minimum Gasteiger partial charge on any atom is -0.427 e. The number of carbonyl (C=O) groups excluding carboxylic acids is 2. The number of amides is 2. The average Bonchev–Trinajstić information content (AvgIpc) is 3.33. The van der Waals surface area contributed by atoms with Gasteiger partial charge in [0, 0.05) is 49.2 Å². The summed E-state index contributed by atoms with van der Waals surface area (Å²) in [6.07, 6.45) is 10.6. The second-order valence-electron chi connectivity index (χ2n) is 13.1. The number of aryl methyl sites for hydroxylation is 1. The molecule has 1 aromatic rings. The molecule has 0 aromatic carbocycles. The number of hydrogen-bond donors (Lipinski definition) is 4. The zero-order chi connectivity index (χ0) is 30.5. The Kier molecular flexibility index (Phi) is 11.2. The van der Waals surface area contributed by atoms with Gasteiger partial charge in [0.25, 0.3) is 0 Å². The third kappa shape index (κ3) is 7.80. The normalized spacial score (nSPS) is 32.5. The Morgan fingerprint density at radius 1 is 1.02 bits per heavy atom. The van der Waals surface area contributed by atoms with Gasteiger partial charge in [0.1, 0.15) is 11.9 Å². The molecule has 6 atom stereocenters. The summed E-state index contributed by atoms with van der Waals surface area (Å²) in [4.78, 5) is 31.2. The van der Waals surface area contributed by atoms with Crippen molar-refractivity contribution in [3.63, 3.8) is 0 Å². The summed E-state index contributed by atoms with van der Waals surface area (Å²) >= 11 is 6.48. The summed E-state index contributed by atoms with van der Waals surface area (Å²) < 4.78 is 8.07. The molecule has 238 valence electrons. The van der Waals surface area contributed by atoms with Crippen molar-refractivity contribution < 1.29 is 24.4 Å². The molecular formula is C30H48BClN6O5. The summed E-state index contributed by atoms with van der Waals surface area (Å²) in [6.45, 7) is 2.89. The molecule has 5 rings (SSSR count). The van der Waals surface area contributed by atoms with Crippen LogP contribution in [0.5, 0.6) is 0 Å². The molecule has 11 nitrogen and oxygen atoms in total. The lowest BCUT2D eigenvalue weighted by Gasteiger charge is -2.39. The van der Waals surface area contributed by atoms with E-state index in [1.807, 2.05) is 6.92 Å². The van der Waals surface area contributed by atoms with E-state index >= 15 is 0 Å². The molecule has 4 N–H and O–H groups in total. The first-order valence-electron chi connectivity index (χ1n) is 16.3. The molecule has 0 spiro atoms. The number of rotatable bonds is 10. The van der Waals surface area contributed by atoms with Crippen LogP contribution in [-0.2, 0) is 14.3 Å². The third-order valence-electron chi connectivity index (χ3n) is 10.2. The van der Waals surface area contributed by atoms with Gasteiger partial charge in [0.15, 0.2) is 5.82 Å². The van der Waals surface area contributed by atoms with Crippen molar-refractivity contribution in [1.82, 2.24) is 25.4 Å². The van der Waals surface area contributed by atoms with E-state index in [1.54, 1.807) is 7.11 Å². The van der Waals surface area contributed by atoms with E-state index in [0.29, 0.717) is 31.8 Å². The van der Waals surface area contributed by atoms with Crippen LogP contribution in [0.3, 0.4) is 0 Å². The lowest BCUT2D eigenvalue weighted by Crippen LogP contribution is -2.39. The molecule has 43 heavy (non-hydrogen) atoms. The minimum atomic E-state index is -1.37. The van der Waals surface area contributed by atoms with Gasteiger partial charge in [-0.25, -0.2) is 0 Å². The van der Waals surface area contributed by atoms with Gasteiger partial charge in [-0.3, -0.25) is 14.6 Å². The monoisotopic (exact) mass is 618 g/mol. The fourth-order valence-electron chi connectivity index (χ4n) is 7.86. The molecule has 1 aliphatic heterocycles. The minimum absolute atomic E-state index is 0.0490. The molecule has 0 bridgehead atoms. The summed E-state index contributed by atoms with van der Waals surface area (Å²) in [7, 11) is 0.420. The van der Waals surface area contributed by atoms with Crippen LogP contribution in [-0.4, -0.2) is 81.1 Å². The van der Waals surface area contributed by atoms with Crippen LogP contribution >= 0.6 is 11.6 Å². The zero-order valence-electron chi connectivity index (χ0n) is 25.6. The Bertz CT molecular complexity index is 1140. The Morgan fingerprint density at radius 3 is 2.53 bits per heavy atom. The molecule has 0 saturated heterocycles. The van der Waals surface area contributed by atoms with Crippen LogP contribution in [0.4, 0.5) is 0 Å². The lowest BCUT2D eigenvalue weighted by molar-refractivity contribution is -0.125. The molecule has 3 fully saturated rings. The molecule has 2 amide bonds. The van der Waals surface area contributed by atoms with Gasteiger partial charge in [0.05, 0.1) is 12.5 Å². The predicted molar refractivity (Wildman–Crippen MR) is 165 cm³/mol. The van der Waals surface area contributed by atoms with Gasteiger partial charge in [0.2, 0.25) is 11.8 Å². The molecule has 13 heteroatoms. The number of nitrogens with zero attached hydrogens (tertiary/aromatic N) is 4. The molecule has 3 saturated carbocycles. The average molecular weight is 619 g/mol. The number of fused-ring (bicyclic) bond motifs is 3. The molecule has 0 radical (unpaired) electrons. The highest BCUT2D eigenvalue weighted by molar-refractivity contribution is 6.43. The third-order valence-corrected chi connectivity index (χ3v) is 10.7. The molecule has 5 unspecified atom stereocenters. The fraction of sp³-hybridized carbons (Fsp3) is 0.833. The Morgan fingerprint density at radius 2 is 1.79 bits per heavy atom. The van der Waals surface area contributed by atoms with Gasteiger partial charge >= 0.3 is 7.12 Å². The van der Waals surface area contributed by atoms with E-state index < -0.39 is 13.2 Å². The Labute approximate surface area is 260 Å². The molecule has 2 heterocycles. The van der Waals surface area contributed by atoms with Gasteiger partial charge in [-0.05, 0) is 82.9 Å². The van der Waals surface area contributed by atoms with E-state index in [2.05, 4.69) is 25.4 Å². The first-order chi connectivity index (χ1) is 20.7. The van der Waals surface area contributed by atoms with Crippen LogP contribution in [0, 0.1) is 24.7 Å². The fourth-order valence-corrected chi connectivity index (χ4v) is 8.12. The first-order valence-corrected chi connectivity index (χ1v) is 16.7. The largest absolute Gasteiger partial charge is 0.454 e. The van der Waals surface area contributed by atoms with Crippen molar-refractivity contribution in [1.29, 1.82) is 0 Å². The van der Waals surface area contributed by atoms with E-state index in [0.717, 1.165) is 75.9 Å². The predicted octanol–water partition coefficient (Wildman–Crippen LogP) is 3.28. The van der Waals surface area contributed by atoms with Gasteiger partial charge < -0.3 is 30.0 Å². The van der Waals surface area contributed by atoms with E-state index in [4.69, 9.17) is 21.3 Å². The van der Waals surface area contributed by atoms with Crippen LogP contribution in [0.25, 0.3) is 0 Å². The maximum atomic E-state index is 13.2. The van der Waals surface area contributed by atoms with Gasteiger partial charge in [-0.2, -0.15) is 0 Å². The molecular weight excluding hydrogens is 571 g/mol. The summed E-state index contributed by atoms with van der Waals surface area (Å²) in [6, 6.07) is -0.196. The Hall–Kier alpha value is -2.02. The summed E-state index contributed by atoms with van der Waals surface area (Å²) in [5, 5.41) is 34.2. The zero-order valence-corrected chi connectivity index (χ0v) is 26.3. The smallest absolute Gasteiger partial charge is 0.427 e. The van der Waals surface area contributed by atoms with Crippen molar-refractivity contribution in [3.8, 4) is 0 Å². The second-order valence-corrected chi connectivity index (χ2v) is 13.7. The number of aromatic nitrogens is 3. The van der Waals surface area contributed by atoms with Gasteiger partial charge in [-0.1, -0.05) is 12.8 Å². The molecule has 4 aliphatic rings. The quantitative estimate of drug-likeness (QED) is 0.178. The van der Waals surface area contributed by atoms with Crippen LogP contribution in [0.2, 0.25) is 5.82 Å². The summed E-state index contributed by atoms with van der Waals surface area (Å²) in [5.41, 5.74) is 1.21. The summed E-state index contributed by atoms with van der Waals surface area (Å²) in [5.74, 6) is 1.62. The van der Waals surface area contributed by atoms with Crippen molar-refractivity contribution in [2.45, 2.75) is 120 Å². The molecule has 3 aliphatic carbocycles. The number of halogens is 1. The maximum Gasteiger partial charge on any atom is 0.454 e. The van der Waals surface area contributed by atoms with Crippen molar-refractivity contribution in [3.05, 3.63) is 11.6 Å². The van der Waals surface area contributed by atoms with Crippen molar-refractivity contribution in [2.24, 2.45) is 22.7 Å². The first kappa shape index (κ1) is 32.4. The SMILES string of the molecule is COC1CCC2C(C1)C(C1CCC(Cl)CC1)=N[C@@H](CC(=O)NCCCNC(=O)C1CCCC(B(O)O)C1)c1nnc(C)n12. The topological polar surface area (TPSA) is 151 Å². The number of ether oxygens (including phenoxy) is 1. The molecule has 1 aromatic heterocycles. The van der Waals surface area contributed by atoms with Crippen molar-refractivity contribution >= 4 is 36.2 Å². The highest BCUT2D eigenvalue weighted by atomic mass is 35.5. The van der Waals surface area contributed by atoms with Crippen LogP contribution in [0.15, 0.2) is 4.99 Å². The number of carbonyl (C=O) groups is 2. The number of nitrogens with one attached hydrogen (secondary N) is 2. The van der Waals surface area contributed by atoms with Crippen LogP contribution in [0.1, 0.15) is 107 Å². The van der Waals surface area contributed by atoms with Gasteiger partial charge in [-0.15, -0.1) is 21.8 Å². The van der Waals surface area contributed by atoms with Crippen LogP contribution < -0.4 is 10.6 Å². The van der Waals surface area contributed by atoms with E-state index in [-0.39, 0.29) is 53.4 Å². The number of aliphatic imine (C=N–C) groups is 1. The van der Waals surface area contributed by atoms with E-state index in [9.17, 15) is 19.6 Å². The highest BCUT2D eigenvalue weighted by Gasteiger charge is 2.43. The van der Waals surface area contributed by atoms with E-state index in [1.165, 1.54) is 5.71 Å². The standard InChI is InChI=1S/C30H48BClN6O5/c1-18-36-37-29-25(17-27(39)33-13-4-14-34-30(40)20-5-3-6-21(15-20)31(41)42)35-28(19-7-9-22(32)10-8-19)24-16-23(43-2)11-12-26(24)38(18)29/h19-26,41-42H,3-17H2,1-2H3,(H,33,39)(H,34,40)/t19?,20?,21?,22?,23?,24?,25-,26?/m0/s1. The highest BCUT2D eigenvalue weighted by Crippen LogP contribution is 2.45. The lowest BCUT2D eigenvalue weighted by atomic mass is 9.62. The number of methoxy groups -OCH3 is 1. The second kappa shape index (κ2) is 14.8. The Balaban J connectivity index is 1.21. The van der Waals surface area contributed by atoms with Crippen molar-refractivity contribution in [2.75, 3.05) is 20.2 Å². The number of hydrogen-bond acceptors (Lipinski definition) is 8.